The third-order valence-electron chi connectivity index (χ3n) is 4.70. The fourth-order valence-corrected chi connectivity index (χ4v) is 3.02. The van der Waals surface area contributed by atoms with E-state index in [4.69, 9.17) is 5.73 Å². The normalized spacial score (nSPS) is 16.8. The topological polar surface area (TPSA) is 78.2 Å². The zero-order valence-corrected chi connectivity index (χ0v) is 13.6. The van der Waals surface area contributed by atoms with Gasteiger partial charge in [0.25, 0.3) is 5.91 Å². The van der Waals surface area contributed by atoms with Gasteiger partial charge in [0.2, 0.25) is 0 Å². The number of carbonyl (C=O) groups is 1. The van der Waals surface area contributed by atoms with Crippen molar-refractivity contribution in [3.63, 3.8) is 0 Å². The molecule has 1 aliphatic carbocycles. The molecular weight excluding hydrogens is 266 g/mol. The number of nitrogens with zero attached hydrogens (tertiary/aromatic N) is 3. The average molecular weight is 293 g/mol. The molecule has 6 heteroatoms. The maximum atomic E-state index is 12.6. The van der Waals surface area contributed by atoms with Crippen LogP contribution in [0.3, 0.4) is 0 Å². The number of nitrogen functional groups attached to an aromatic ring is 1. The molecule has 1 amide bonds. The fourth-order valence-electron chi connectivity index (χ4n) is 3.02. The highest BCUT2D eigenvalue weighted by Gasteiger charge is 2.41. The maximum Gasteiger partial charge on any atom is 0.276 e. The molecule has 0 spiro atoms. The Hall–Kier alpha value is -1.56. The number of likely N-dealkylation sites (N-methyl/N-ethyl adjacent to an activating group) is 2. The van der Waals surface area contributed by atoms with Crippen LogP contribution in [0.4, 0.5) is 5.69 Å². The van der Waals surface area contributed by atoms with Gasteiger partial charge in [-0.15, -0.1) is 0 Å². The van der Waals surface area contributed by atoms with Crippen LogP contribution in [0.15, 0.2) is 0 Å². The minimum atomic E-state index is -0.0979. The second-order valence-electron chi connectivity index (χ2n) is 6.35. The molecule has 6 nitrogen and oxygen atoms in total. The Bertz CT molecular complexity index is 504. The molecule has 1 fully saturated rings. The number of hydrogen-bond donors (Lipinski definition) is 2. The number of rotatable bonds is 6. The van der Waals surface area contributed by atoms with E-state index < -0.39 is 0 Å². The largest absolute Gasteiger partial charge is 0.395 e. The van der Waals surface area contributed by atoms with Crippen molar-refractivity contribution in [2.45, 2.75) is 44.6 Å². The third kappa shape index (κ3) is 2.90. The van der Waals surface area contributed by atoms with Crippen molar-refractivity contribution in [3.8, 4) is 0 Å². The standard InChI is InChI=1S/C15H27N5O/c1-5-7-11-12(16)13(18-17-11)14(21)20(4)10-15(19(2)3)8-6-9-15/h5-10,16H2,1-4H3,(H,17,18). The summed E-state index contributed by atoms with van der Waals surface area (Å²) in [6.07, 6.45) is 5.28. The van der Waals surface area contributed by atoms with Crippen LogP contribution in [-0.2, 0) is 6.42 Å². The van der Waals surface area contributed by atoms with Gasteiger partial charge in [-0.2, -0.15) is 5.10 Å². The molecule has 2 rings (SSSR count). The molecule has 1 saturated carbocycles. The van der Waals surface area contributed by atoms with Gasteiger partial charge in [0.05, 0.1) is 11.4 Å². The number of nitrogens with one attached hydrogen (secondary N) is 1. The highest BCUT2D eigenvalue weighted by molar-refractivity contribution is 5.97. The minimum absolute atomic E-state index is 0.0979. The highest BCUT2D eigenvalue weighted by Crippen LogP contribution is 2.36. The SMILES string of the molecule is CCCc1[nH]nc(C(=O)N(C)CC2(N(C)C)CCC2)c1N. The lowest BCUT2D eigenvalue weighted by atomic mass is 9.75. The molecule has 0 saturated heterocycles. The van der Waals surface area contributed by atoms with Gasteiger partial charge in [0.1, 0.15) is 0 Å². The van der Waals surface area contributed by atoms with E-state index in [0.29, 0.717) is 17.9 Å². The number of carbonyl (C=O) groups excluding carboxylic acids is 1. The van der Waals surface area contributed by atoms with E-state index in [1.165, 1.54) is 6.42 Å². The first-order chi connectivity index (χ1) is 9.91. The summed E-state index contributed by atoms with van der Waals surface area (Å²) in [5.74, 6) is -0.0979. The number of anilines is 1. The lowest BCUT2D eigenvalue weighted by molar-refractivity contribution is 0.0250. The summed E-state index contributed by atoms with van der Waals surface area (Å²) in [6.45, 7) is 2.79. The number of aromatic nitrogens is 2. The summed E-state index contributed by atoms with van der Waals surface area (Å²) in [7, 11) is 6.00. The van der Waals surface area contributed by atoms with Crippen molar-refractivity contribution in [3.05, 3.63) is 11.4 Å². The van der Waals surface area contributed by atoms with Gasteiger partial charge >= 0.3 is 0 Å². The summed E-state index contributed by atoms with van der Waals surface area (Å²) >= 11 is 0. The number of H-pyrrole nitrogens is 1. The molecule has 1 aliphatic rings. The Morgan fingerprint density at radius 3 is 2.52 bits per heavy atom. The number of aromatic amines is 1. The lowest BCUT2D eigenvalue weighted by Crippen LogP contribution is -2.57. The molecule has 0 bridgehead atoms. The van der Waals surface area contributed by atoms with Gasteiger partial charge in [-0.25, -0.2) is 0 Å². The van der Waals surface area contributed by atoms with Crippen LogP contribution in [0.1, 0.15) is 48.8 Å². The van der Waals surface area contributed by atoms with Crippen LogP contribution < -0.4 is 5.73 Å². The summed E-state index contributed by atoms with van der Waals surface area (Å²) in [6, 6.07) is 0. The van der Waals surface area contributed by atoms with E-state index in [2.05, 4.69) is 36.1 Å². The molecule has 1 aromatic rings. The molecule has 0 atom stereocenters. The van der Waals surface area contributed by atoms with Crippen LogP contribution >= 0.6 is 0 Å². The number of amides is 1. The number of nitrogens with two attached hydrogens (primary N) is 1. The zero-order chi connectivity index (χ0) is 15.6. The van der Waals surface area contributed by atoms with Gasteiger partial charge < -0.3 is 15.5 Å². The maximum absolute atomic E-state index is 12.6. The van der Waals surface area contributed by atoms with Crippen LogP contribution in [0, 0.1) is 0 Å². The second kappa shape index (κ2) is 6.05. The van der Waals surface area contributed by atoms with Crippen molar-refractivity contribution in [1.29, 1.82) is 0 Å². The molecule has 3 N–H and O–H groups in total. The average Bonchev–Trinajstić information content (AvgIpc) is 2.74. The van der Waals surface area contributed by atoms with Crippen molar-refractivity contribution in [2.75, 3.05) is 33.4 Å². The molecular formula is C15H27N5O. The van der Waals surface area contributed by atoms with Gasteiger partial charge in [0, 0.05) is 19.1 Å². The first kappa shape index (κ1) is 15.8. The van der Waals surface area contributed by atoms with E-state index in [1.807, 2.05) is 7.05 Å². The lowest BCUT2D eigenvalue weighted by Gasteiger charge is -2.49. The first-order valence-corrected chi connectivity index (χ1v) is 7.67. The zero-order valence-electron chi connectivity index (χ0n) is 13.6. The fraction of sp³-hybridized carbons (Fsp3) is 0.733. The van der Waals surface area contributed by atoms with Crippen LogP contribution in [0.25, 0.3) is 0 Å². The minimum Gasteiger partial charge on any atom is -0.395 e. The van der Waals surface area contributed by atoms with Crippen molar-refractivity contribution in [2.24, 2.45) is 0 Å². The van der Waals surface area contributed by atoms with E-state index >= 15 is 0 Å². The van der Waals surface area contributed by atoms with Crippen LogP contribution in [-0.4, -0.2) is 59.1 Å². The molecule has 0 aromatic carbocycles. The summed E-state index contributed by atoms with van der Waals surface area (Å²) in [5, 5.41) is 7.01. The van der Waals surface area contributed by atoms with E-state index in [0.717, 1.165) is 31.4 Å². The van der Waals surface area contributed by atoms with Crippen LogP contribution in [0.2, 0.25) is 0 Å². The molecule has 118 valence electrons. The number of hydrogen-bond acceptors (Lipinski definition) is 4. The van der Waals surface area contributed by atoms with Crippen molar-refractivity contribution in [1.82, 2.24) is 20.0 Å². The van der Waals surface area contributed by atoms with Crippen molar-refractivity contribution >= 4 is 11.6 Å². The van der Waals surface area contributed by atoms with Gasteiger partial charge in [-0.1, -0.05) is 13.3 Å². The Kier molecular flexibility index (Phi) is 4.56. The van der Waals surface area contributed by atoms with Gasteiger partial charge in [0.15, 0.2) is 5.69 Å². The Morgan fingerprint density at radius 2 is 2.05 bits per heavy atom. The molecule has 21 heavy (non-hydrogen) atoms. The Morgan fingerprint density at radius 1 is 1.38 bits per heavy atom. The molecule has 0 aliphatic heterocycles. The summed E-state index contributed by atoms with van der Waals surface area (Å²) in [4.78, 5) is 16.6. The van der Waals surface area contributed by atoms with Gasteiger partial charge in [-0.3, -0.25) is 9.89 Å². The summed E-state index contributed by atoms with van der Waals surface area (Å²) < 4.78 is 0. The first-order valence-electron chi connectivity index (χ1n) is 7.67. The number of aryl methyl sites for hydroxylation is 1. The quantitative estimate of drug-likeness (QED) is 0.833. The van der Waals surface area contributed by atoms with Crippen molar-refractivity contribution < 1.29 is 4.79 Å². The molecule has 0 unspecified atom stereocenters. The summed E-state index contributed by atoms with van der Waals surface area (Å²) in [5.41, 5.74) is 7.88. The molecule has 1 heterocycles. The molecule has 0 radical (unpaired) electrons. The van der Waals surface area contributed by atoms with Crippen LogP contribution in [0.5, 0.6) is 0 Å². The molecule has 1 aromatic heterocycles. The monoisotopic (exact) mass is 293 g/mol. The van der Waals surface area contributed by atoms with E-state index in [-0.39, 0.29) is 11.4 Å². The van der Waals surface area contributed by atoms with E-state index in [1.54, 1.807) is 4.90 Å². The predicted molar refractivity (Wildman–Crippen MR) is 84.2 cm³/mol. The third-order valence-corrected chi connectivity index (χ3v) is 4.70. The Balaban J connectivity index is 2.09. The Labute approximate surface area is 126 Å². The van der Waals surface area contributed by atoms with Gasteiger partial charge in [-0.05, 0) is 39.8 Å². The predicted octanol–water partition coefficient (Wildman–Crippen LogP) is 1.50. The van der Waals surface area contributed by atoms with E-state index in [9.17, 15) is 4.79 Å². The smallest absolute Gasteiger partial charge is 0.276 e. The highest BCUT2D eigenvalue weighted by atomic mass is 16.2. The second-order valence-corrected chi connectivity index (χ2v) is 6.35.